The maximum absolute atomic E-state index is 15.1. The van der Waals surface area contributed by atoms with Gasteiger partial charge in [0.2, 0.25) is 11.8 Å². The Hall–Kier alpha value is -1.84. The van der Waals surface area contributed by atoms with Crippen LogP contribution in [0, 0.1) is 28.9 Å². The first kappa shape index (κ1) is 24.8. The normalized spacial score (nSPS) is 35.1. The number of benzene rings is 1. The number of amides is 2. The Morgan fingerprint density at radius 3 is 2.49 bits per heavy atom. The summed E-state index contributed by atoms with van der Waals surface area (Å²) in [5, 5.41) is 15.8. The first-order valence-electron chi connectivity index (χ1n) is 12.3. The summed E-state index contributed by atoms with van der Waals surface area (Å²) in [6.45, 7) is 1.07. The fourth-order valence-electron chi connectivity index (χ4n) is 6.49. The van der Waals surface area contributed by atoms with Crippen LogP contribution in [0.15, 0.2) is 12.1 Å². The second-order valence-corrected chi connectivity index (χ2v) is 11.3. The highest BCUT2D eigenvalue weighted by molar-refractivity contribution is 6.30. The second-order valence-electron chi connectivity index (χ2n) is 10.9. The lowest BCUT2D eigenvalue weighted by Crippen LogP contribution is -2.43. The lowest BCUT2D eigenvalue weighted by atomic mass is 9.74. The molecule has 35 heavy (non-hydrogen) atoms. The Morgan fingerprint density at radius 2 is 1.89 bits per heavy atom. The molecule has 6 nitrogen and oxygen atoms in total. The molecule has 0 spiro atoms. The van der Waals surface area contributed by atoms with E-state index in [2.05, 4.69) is 10.6 Å². The zero-order valence-electron chi connectivity index (χ0n) is 19.3. The highest BCUT2D eigenvalue weighted by atomic mass is 35.5. The molecular weight excluding hydrogens is 485 g/mol. The third kappa shape index (κ3) is 4.67. The Labute approximate surface area is 206 Å². The molecule has 0 unspecified atom stereocenters. The summed E-state index contributed by atoms with van der Waals surface area (Å²) in [6.07, 6.45) is 1.17. The minimum atomic E-state index is -1.39. The van der Waals surface area contributed by atoms with E-state index in [9.17, 15) is 19.1 Å². The lowest BCUT2D eigenvalue weighted by Gasteiger charge is -2.37. The molecule has 2 amide bonds. The molecule has 0 radical (unpaired) electrons. The maximum atomic E-state index is 15.1. The average molecular weight is 515 g/mol. The van der Waals surface area contributed by atoms with Crippen LogP contribution in [-0.2, 0) is 14.3 Å². The third-order valence-electron chi connectivity index (χ3n) is 8.51. The fourth-order valence-corrected chi connectivity index (χ4v) is 6.65. The predicted octanol–water partition coefficient (Wildman–Crippen LogP) is 3.74. The van der Waals surface area contributed by atoms with Gasteiger partial charge in [-0.15, -0.1) is 0 Å². The van der Waals surface area contributed by atoms with Crippen LogP contribution in [0.25, 0.3) is 0 Å². The molecule has 1 heterocycles. The van der Waals surface area contributed by atoms with Gasteiger partial charge in [0.1, 0.15) is 17.3 Å². The van der Waals surface area contributed by atoms with Crippen LogP contribution < -0.4 is 10.6 Å². The van der Waals surface area contributed by atoms with Gasteiger partial charge in [-0.1, -0.05) is 11.6 Å². The minimum Gasteiger partial charge on any atom is -0.391 e. The number of halogens is 4. The van der Waals surface area contributed by atoms with Gasteiger partial charge in [-0.25, -0.2) is 13.2 Å². The summed E-state index contributed by atoms with van der Waals surface area (Å²) in [7, 11) is 0. The van der Waals surface area contributed by atoms with Crippen LogP contribution >= 0.6 is 11.6 Å². The molecular formula is C25H30ClF3N2O4. The quantitative estimate of drug-likeness (QED) is 0.484. The van der Waals surface area contributed by atoms with Crippen molar-refractivity contribution in [2.75, 3.05) is 13.2 Å². The number of nitrogens with one attached hydrogen (secondary N) is 2. The molecule has 4 fully saturated rings. The Kier molecular flexibility index (Phi) is 6.55. The largest absolute Gasteiger partial charge is 0.391 e. The van der Waals surface area contributed by atoms with Crippen molar-refractivity contribution in [2.24, 2.45) is 17.3 Å². The van der Waals surface area contributed by atoms with E-state index in [1.54, 1.807) is 0 Å². The summed E-state index contributed by atoms with van der Waals surface area (Å²) in [5.41, 5.74) is -2.55. The number of aliphatic hydroxyl groups is 1. The molecule has 3 N–H and O–H groups in total. The number of carbonyl (C=O) groups excluding carboxylic acids is 2. The number of carbonyl (C=O) groups is 2. The fraction of sp³-hybridized carbons (Fsp3) is 0.680. The van der Waals surface area contributed by atoms with Crippen molar-refractivity contribution in [3.05, 3.63) is 34.4 Å². The molecule has 3 saturated carbocycles. The molecule has 4 aliphatic rings. The van der Waals surface area contributed by atoms with Crippen LogP contribution in [-0.4, -0.2) is 47.9 Å². The van der Waals surface area contributed by atoms with Gasteiger partial charge in [-0.3, -0.25) is 9.59 Å². The Bertz CT molecular complexity index is 1010. The van der Waals surface area contributed by atoms with Gasteiger partial charge < -0.3 is 20.5 Å². The highest BCUT2D eigenvalue weighted by Gasteiger charge is 2.59. The van der Waals surface area contributed by atoms with E-state index >= 15 is 8.78 Å². The van der Waals surface area contributed by atoms with Gasteiger partial charge in [-0.2, -0.15) is 0 Å². The van der Waals surface area contributed by atoms with E-state index in [1.165, 1.54) is 0 Å². The number of rotatable bonds is 7. The minimum absolute atomic E-state index is 0.108. The monoisotopic (exact) mass is 514 g/mol. The SMILES string of the molecule is O=C(CC1COC1)N[C@H]1C[C@@H](C(=O)N[C@H](c2c(F)ccc(Cl)c2F)C23CCC(F)(CC2)C3)C[C@H]1O. The number of ether oxygens (including phenoxy) is 1. The molecule has 5 rings (SSSR count). The average Bonchev–Trinajstić information content (AvgIpc) is 3.44. The van der Waals surface area contributed by atoms with Crippen molar-refractivity contribution in [2.45, 2.75) is 75.2 Å². The first-order chi connectivity index (χ1) is 16.6. The van der Waals surface area contributed by atoms with Gasteiger partial charge in [0.25, 0.3) is 0 Å². The van der Waals surface area contributed by atoms with E-state index < -0.39 is 52.7 Å². The van der Waals surface area contributed by atoms with Crippen molar-refractivity contribution in [1.29, 1.82) is 0 Å². The van der Waals surface area contributed by atoms with Crippen LogP contribution in [0.3, 0.4) is 0 Å². The molecule has 3 aliphatic carbocycles. The summed E-state index contributed by atoms with van der Waals surface area (Å²) in [4.78, 5) is 25.6. The number of hydrogen-bond donors (Lipinski definition) is 3. The molecule has 1 aromatic rings. The molecule has 1 aromatic carbocycles. The van der Waals surface area contributed by atoms with E-state index in [0.29, 0.717) is 32.5 Å². The van der Waals surface area contributed by atoms with E-state index in [0.717, 1.165) is 12.1 Å². The number of fused-ring (bicyclic) bond motifs is 2. The van der Waals surface area contributed by atoms with Crippen molar-refractivity contribution in [1.82, 2.24) is 10.6 Å². The topological polar surface area (TPSA) is 87.7 Å². The van der Waals surface area contributed by atoms with Gasteiger partial charge >= 0.3 is 0 Å². The van der Waals surface area contributed by atoms with Crippen LogP contribution in [0.2, 0.25) is 5.02 Å². The predicted molar refractivity (Wildman–Crippen MR) is 121 cm³/mol. The first-order valence-corrected chi connectivity index (χ1v) is 12.6. The zero-order valence-corrected chi connectivity index (χ0v) is 20.1. The van der Waals surface area contributed by atoms with Gasteiger partial charge in [0.15, 0.2) is 0 Å². The molecule has 0 aromatic heterocycles. The van der Waals surface area contributed by atoms with Crippen molar-refractivity contribution in [3.8, 4) is 0 Å². The van der Waals surface area contributed by atoms with Crippen LogP contribution in [0.5, 0.6) is 0 Å². The van der Waals surface area contributed by atoms with Crippen molar-refractivity contribution >= 4 is 23.4 Å². The molecule has 10 heteroatoms. The van der Waals surface area contributed by atoms with Crippen molar-refractivity contribution < 1.29 is 32.6 Å². The number of hydrogen-bond acceptors (Lipinski definition) is 4. The van der Waals surface area contributed by atoms with Gasteiger partial charge in [0, 0.05) is 23.8 Å². The molecule has 1 aliphatic heterocycles. The molecule has 4 atom stereocenters. The lowest BCUT2D eigenvalue weighted by molar-refractivity contribution is -0.128. The van der Waals surface area contributed by atoms with Gasteiger partial charge in [0.05, 0.1) is 36.4 Å². The Balaban J connectivity index is 1.33. The third-order valence-corrected chi connectivity index (χ3v) is 8.80. The maximum Gasteiger partial charge on any atom is 0.223 e. The smallest absolute Gasteiger partial charge is 0.223 e. The van der Waals surface area contributed by atoms with Crippen molar-refractivity contribution in [3.63, 3.8) is 0 Å². The highest BCUT2D eigenvalue weighted by Crippen LogP contribution is 2.63. The number of aliphatic hydroxyl groups excluding tert-OH is 1. The van der Waals surface area contributed by atoms with E-state index in [1.807, 2.05) is 0 Å². The zero-order chi connectivity index (χ0) is 25.0. The van der Waals surface area contributed by atoms with Gasteiger partial charge in [-0.05, 0) is 62.5 Å². The van der Waals surface area contributed by atoms with Crippen LogP contribution in [0.4, 0.5) is 13.2 Å². The van der Waals surface area contributed by atoms with E-state index in [4.69, 9.17) is 16.3 Å². The second kappa shape index (κ2) is 9.23. The number of alkyl halides is 1. The summed E-state index contributed by atoms with van der Waals surface area (Å²) >= 11 is 5.95. The molecule has 192 valence electrons. The molecule has 2 bridgehead atoms. The summed E-state index contributed by atoms with van der Waals surface area (Å²) in [6, 6.07) is 0.497. The Morgan fingerprint density at radius 1 is 1.17 bits per heavy atom. The summed E-state index contributed by atoms with van der Waals surface area (Å²) in [5.74, 6) is -2.98. The summed E-state index contributed by atoms with van der Waals surface area (Å²) < 4.78 is 50.2. The standard InChI is InChI=1S/C25H30ClF3N2O4/c26-15-1-2-16(27)20(21(15)28)22(24-3-5-25(29,12-24)6-4-24)31-23(34)14-8-17(18(32)9-14)30-19(33)7-13-10-35-11-13/h1-2,13-14,17-18,22,32H,3-12H2,(H,30,33)(H,31,34)/t14-,17+,18-,22-,24?,25?/m1/s1. The molecule has 1 saturated heterocycles. The van der Waals surface area contributed by atoms with E-state index in [-0.39, 0.29) is 54.5 Å². The van der Waals surface area contributed by atoms with Crippen LogP contribution in [0.1, 0.15) is 63.0 Å².